The van der Waals surface area contributed by atoms with Gasteiger partial charge in [-0.3, -0.25) is 4.79 Å². The number of benzene rings is 2. The lowest BCUT2D eigenvalue weighted by Crippen LogP contribution is -2.23. The van der Waals surface area contributed by atoms with Crippen LogP contribution in [0.5, 0.6) is 0 Å². The molecule has 0 aliphatic heterocycles. The van der Waals surface area contributed by atoms with Gasteiger partial charge in [0.1, 0.15) is 17.3 Å². The molecule has 0 aliphatic rings. The van der Waals surface area contributed by atoms with Crippen LogP contribution in [-0.4, -0.2) is 11.1 Å². The van der Waals surface area contributed by atoms with Crippen molar-refractivity contribution in [1.29, 1.82) is 0 Å². The first-order valence-corrected chi connectivity index (χ1v) is 7.35. The molecule has 0 atom stereocenters. The molecule has 1 N–H and O–H groups in total. The summed E-state index contributed by atoms with van der Waals surface area (Å²) in [6.45, 7) is 0.108. The lowest BCUT2D eigenvalue weighted by molar-refractivity contribution is 0.0950. The third-order valence-electron chi connectivity index (χ3n) is 3.29. The molecule has 2 aromatic carbocycles. The zero-order valence-electron chi connectivity index (χ0n) is 12.2. The molecule has 3 rings (SSSR count). The summed E-state index contributed by atoms with van der Waals surface area (Å²) in [5, 5.41) is 6.49. The summed E-state index contributed by atoms with van der Waals surface area (Å²) in [5.41, 5.74) is 1.32. The largest absolute Gasteiger partial charge is 0.356 e. The third-order valence-corrected chi connectivity index (χ3v) is 3.61. The number of rotatable bonds is 4. The molecular formula is C17H11ClF2N2O2. The summed E-state index contributed by atoms with van der Waals surface area (Å²) in [6.07, 6.45) is 0. The quantitative estimate of drug-likeness (QED) is 0.768. The number of carbonyl (C=O) groups excluding carboxylic acids is 1. The maximum absolute atomic E-state index is 13.0. The van der Waals surface area contributed by atoms with Crippen molar-refractivity contribution in [3.05, 3.63) is 76.4 Å². The van der Waals surface area contributed by atoms with E-state index in [1.807, 2.05) is 0 Å². The van der Waals surface area contributed by atoms with Gasteiger partial charge in [-0.2, -0.15) is 0 Å². The minimum Gasteiger partial charge on any atom is -0.356 e. The fourth-order valence-electron chi connectivity index (χ4n) is 2.09. The highest BCUT2D eigenvalue weighted by Crippen LogP contribution is 2.21. The van der Waals surface area contributed by atoms with Crippen molar-refractivity contribution in [2.24, 2.45) is 0 Å². The van der Waals surface area contributed by atoms with Crippen molar-refractivity contribution in [2.45, 2.75) is 6.54 Å². The molecule has 3 aromatic rings. The van der Waals surface area contributed by atoms with Gasteiger partial charge in [-0.15, -0.1) is 0 Å². The Morgan fingerprint density at radius 2 is 1.79 bits per heavy atom. The molecule has 1 aromatic heterocycles. The summed E-state index contributed by atoms with van der Waals surface area (Å²) in [6, 6.07) is 10.9. The summed E-state index contributed by atoms with van der Waals surface area (Å²) < 4.78 is 31.1. The average molecular weight is 349 g/mol. The Bertz CT molecular complexity index is 879. The van der Waals surface area contributed by atoms with E-state index < -0.39 is 11.7 Å². The van der Waals surface area contributed by atoms with Crippen molar-refractivity contribution < 1.29 is 18.1 Å². The van der Waals surface area contributed by atoms with Crippen molar-refractivity contribution in [2.75, 3.05) is 0 Å². The number of hydrogen-bond acceptors (Lipinski definition) is 3. The second kappa shape index (κ2) is 6.80. The van der Waals surface area contributed by atoms with Crippen LogP contribution >= 0.6 is 11.6 Å². The minimum absolute atomic E-state index is 0.0275. The van der Waals surface area contributed by atoms with Gasteiger partial charge in [0.05, 0.1) is 17.1 Å². The Hall–Kier alpha value is -2.73. The van der Waals surface area contributed by atoms with E-state index in [1.165, 1.54) is 18.2 Å². The number of halogens is 3. The molecule has 0 aliphatic carbocycles. The Balaban J connectivity index is 1.67. The highest BCUT2D eigenvalue weighted by Gasteiger charge is 2.12. The highest BCUT2D eigenvalue weighted by molar-refractivity contribution is 6.33. The van der Waals surface area contributed by atoms with Crippen LogP contribution in [0.3, 0.4) is 0 Å². The number of aromatic nitrogens is 1. The average Bonchev–Trinajstić information content (AvgIpc) is 3.02. The van der Waals surface area contributed by atoms with Crippen LogP contribution in [0.1, 0.15) is 16.1 Å². The van der Waals surface area contributed by atoms with Gasteiger partial charge in [-0.25, -0.2) is 8.78 Å². The number of hydrogen-bond donors (Lipinski definition) is 1. The molecule has 1 heterocycles. The first-order chi connectivity index (χ1) is 11.5. The Labute approximate surface area is 141 Å². The van der Waals surface area contributed by atoms with E-state index >= 15 is 0 Å². The van der Waals surface area contributed by atoms with Gasteiger partial charge in [0.15, 0.2) is 5.76 Å². The molecule has 1 amide bonds. The predicted octanol–water partition coefficient (Wildman–Crippen LogP) is 4.20. The molecule has 0 fully saturated rings. The number of nitrogens with zero attached hydrogens (tertiary/aromatic N) is 1. The van der Waals surface area contributed by atoms with Crippen LogP contribution in [0.15, 0.2) is 53.1 Å². The first kappa shape index (κ1) is 16.1. The second-order valence-electron chi connectivity index (χ2n) is 5.00. The molecule has 0 bridgehead atoms. The van der Waals surface area contributed by atoms with E-state index in [1.54, 1.807) is 18.2 Å². The molecule has 0 saturated heterocycles. The monoisotopic (exact) mass is 348 g/mol. The lowest BCUT2D eigenvalue weighted by Gasteiger charge is -2.04. The van der Waals surface area contributed by atoms with E-state index in [0.29, 0.717) is 17.0 Å². The standard InChI is InChI=1S/C17H11ClF2N2O2/c18-15-7-12(20)5-6-14(15)17(23)21-9-13-8-16(24-22-13)10-1-3-11(19)4-2-10/h1-8H,9H2,(H,21,23). The molecule has 4 nitrogen and oxygen atoms in total. The normalized spacial score (nSPS) is 10.6. The van der Waals surface area contributed by atoms with E-state index in [2.05, 4.69) is 10.5 Å². The van der Waals surface area contributed by atoms with Crippen molar-refractivity contribution in [3.8, 4) is 11.3 Å². The molecule has 24 heavy (non-hydrogen) atoms. The van der Waals surface area contributed by atoms with E-state index in [9.17, 15) is 13.6 Å². The van der Waals surface area contributed by atoms with Crippen LogP contribution in [0.25, 0.3) is 11.3 Å². The Morgan fingerprint density at radius 1 is 1.08 bits per heavy atom. The molecule has 0 saturated carbocycles. The predicted molar refractivity (Wildman–Crippen MR) is 84.5 cm³/mol. The molecule has 0 unspecified atom stereocenters. The lowest BCUT2D eigenvalue weighted by atomic mass is 10.1. The Morgan fingerprint density at radius 3 is 2.50 bits per heavy atom. The zero-order chi connectivity index (χ0) is 17.1. The third kappa shape index (κ3) is 3.60. The van der Waals surface area contributed by atoms with Gasteiger partial charge in [-0.1, -0.05) is 16.8 Å². The first-order valence-electron chi connectivity index (χ1n) is 6.98. The van der Waals surface area contributed by atoms with E-state index in [4.69, 9.17) is 16.1 Å². The second-order valence-corrected chi connectivity index (χ2v) is 5.40. The fraction of sp³-hybridized carbons (Fsp3) is 0.0588. The minimum atomic E-state index is -0.517. The molecular weight excluding hydrogens is 338 g/mol. The van der Waals surface area contributed by atoms with Crippen LogP contribution in [0.2, 0.25) is 5.02 Å². The van der Waals surface area contributed by atoms with Gasteiger partial charge < -0.3 is 9.84 Å². The topological polar surface area (TPSA) is 55.1 Å². The number of nitrogens with one attached hydrogen (secondary N) is 1. The summed E-state index contributed by atoms with van der Waals surface area (Å²) >= 11 is 5.84. The van der Waals surface area contributed by atoms with Gasteiger partial charge in [0, 0.05) is 11.6 Å². The summed E-state index contributed by atoms with van der Waals surface area (Å²) in [5.74, 6) is -0.857. The van der Waals surface area contributed by atoms with Gasteiger partial charge >= 0.3 is 0 Å². The smallest absolute Gasteiger partial charge is 0.253 e. The molecule has 0 spiro atoms. The summed E-state index contributed by atoms with van der Waals surface area (Å²) in [7, 11) is 0. The van der Waals surface area contributed by atoms with Crippen LogP contribution in [-0.2, 0) is 6.54 Å². The molecule has 7 heteroatoms. The number of carbonyl (C=O) groups is 1. The SMILES string of the molecule is O=C(NCc1cc(-c2ccc(F)cc2)on1)c1ccc(F)cc1Cl. The zero-order valence-corrected chi connectivity index (χ0v) is 13.0. The maximum atomic E-state index is 13.0. The van der Waals surface area contributed by atoms with Crippen molar-refractivity contribution >= 4 is 17.5 Å². The van der Waals surface area contributed by atoms with Crippen LogP contribution in [0, 0.1) is 11.6 Å². The van der Waals surface area contributed by atoms with Crippen molar-refractivity contribution in [1.82, 2.24) is 10.5 Å². The maximum Gasteiger partial charge on any atom is 0.253 e. The van der Waals surface area contributed by atoms with Gasteiger partial charge in [0.25, 0.3) is 5.91 Å². The Kier molecular flexibility index (Phi) is 4.57. The molecule has 122 valence electrons. The van der Waals surface area contributed by atoms with E-state index in [-0.39, 0.29) is 22.9 Å². The summed E-state index contributed by atoms with van der Waals surface area (Å²) in [4.78, 5) is 12.0. The molecule has 0 radical (unpaired) electrons. The van der Waals surface area contributed by atoms with Crippen molar-refractivity contribution in [3.63, 3.8) is 0 Å². The van der Waals surface area contributed by atoms with Gasteiger partial charge in [-0.05, 0) is 42.5 Å². The van der Waals surface area contributed by atoms with Crippen LogP contribution in [0.4, 0.5) is 8.78 Å². The number of amides is 1. The highest BCUT2D eigenvalue weighted by atomic mass is 35.5. The van der Waals surface area contributed by atoms with Crippen LogP contribution < -0.4 is 5.32 Å². The van der Waals surface area contributed by atoms with E-state index in [0.717, 1.165) is 12.1 Å². The van der Waals surface area contributed by atoms with Gasteiger partial charge in [0.2, 0.25) is 0 Å². The fourth-order valence-corrected chi connectivity index (χ4v) is 2.34.